The van der Waals surface area contributed by atoms with Gasteiger partial charge in [0.1, 0.15) is 11.5 Å². The Morgan fingerprint density at radius 2 is 1.61 bits per heavy atom. The highest BCUT2D eigenvalue weighted by molar-refractivity contribution is 9.11. The monoisotopic (exact) mass is 369 g/mol. The first-order valence-electron chi connectivity index (χ1n) is 5.08. The number of phenolic OH excluding ortho intramolecular Hbond substituents is 2. The number of phenols is 2. The van der Waals surface area contributed by atoms with Gasteiger partial charge in [-0.05, 0) is 56.1 Å². The highest BCUT2D eigenvalue weighted by atomic mass is 79.9. The molecule has 2 N–H and O–H groups in total. The summed E-state index contributed by atoms with van der Waals surface area (Å²) < 4.78 is 1.34. The first-order valence-corrected chi connectivity index (χ1v) is 6.66. The lowest BCUT2D eigenvalue weighted by Crippen LogP contribution is -1.82. The van der Waals surface area contributed by atoms with Crippen LogP contribution in [0, 0.1) is 0 Å². The van der Waals surface area contributed by atoms with E-state index in [9.17, 15) is 10.2 Å². The fourth-order valence-corrected chi connectivity index (χ4v) is 2.77. The zero-order valence-corrected chi connectivity index (χ0v) is 12.3. The van der Waals surface area contributed by atoms with E-state index in [0.717, 1.165) is 0 Å². The number of nitrogens with zero attached hydrogens (tertiary/aromatic N) is 1. The maximum atomic E-state index is 9.62. The van der Waals surface area contributed by atoms with E-state index in [0.29, 0.717) is 20.2 Å². The lowest BCUT2D eigenvalue weighted by molar-refractivity contribution is 0.474. The van der Waals surface area contributed by atoms with Crippen LogP contribution in [-0.4, -0.2) is 16.4 Å². The molecule has 92 valence electrons. The van der Waals surface area contributed by atoms with E-state index >= 15 is 0 Å². The SMILES string of the molecule is Oc1cc(Br)c(N=Cc2ccccc2O)c(Br)c1. The van der Waals surface area contributed by atoms with E-state index in [1.807, 2.05) is 6.07 Å². The third-order valence-electron chi connectivity index (χ3n) is 2.27. The molecule has 2 rings (SSSR count). The van der Waals surface area contributed by atoms with E-state index in [2.05, 4.69) is 36.9 Å². The topological polar surface area (TPSA) is 52.8 Å². The van der Waals surface area contributed by atoms with Crippen molar-refractivity contribution in [1.82, 2.24) is 0 Å². The second-order valence-corrected chi connectivity index (χ2v) is 5.28. The average molecular weight is 371 g/mol. The molecule has 0 bridgehead atoms. The predicted octanol–water partition coefficient (Wildman–Crippen LogP) is 4.37. The molecule has 0 saturated carbocycles. The van der Waals surface area contributed by atoms with Crippen LogP contribution in [0.2, 0.25) is 0 Å². The standard InChI is InChI=1S/C13H9Br2NO2/c14-10-5-9(17)6-11(15)13(10)16-7-8-3-1-2-4-12(8)18/h1-7,17-18H. The number of hydrogen-bond acceptors (Lipinski definition) is 3. The minimum absolute atomic E-state index is 0.148. The smallest absolute Gasteiger partial charge is 0.124 e. The van der Waals surface area contributed by atoms with Gasteiger partial charge < -0.3 is 10.2 Å². The molecule has 5 heteroatoms. The molecule has 0 aromatic heterocycles. The third-order valence-corrected chi connectivity index (χ3v) is 3.48. The van der Waals surface area contributed by atoms with Crippen LogP contribution >= 0.6 is 31.9 Å². The summed E-state index contributed by atoms with van der Waals surface area (Å²) in [5, 5.41) is 19.0. The fraction of sp³-hybridized carbons (Fsp3) is 0. The average Bonchev–Trinajstić information content (AvgIpc) is 2.30. The van der Waals surface area contributed by atoms with Crippen LogP contribution in [0.15, 0.2) is 50.3 Å². The van der Waals surface area contributed by atoms with Crippen molar-refractivity contribution in [2.75, 3.05) is 0 Å². The second kappa shape index (κ2) is 5.54. The highest BCUT2D eigenvalue weighted by Crippen LogP contribution is 2.37. The Bertz CT molecular complexity index is 589. The molecule has 0 radical (unpaired) electrons. The minimum atomic E-state index is 0.148. The molecule has 0 aliphatic rings. The summed E-state index contributed by atoms with van der Waals surface area (Å²) in [6, 6.07) is 10.1. The minimum Gasteiger partial charge on any atom is -0.508 e. The number of hydrogen-bond donors (Lipinski definition) is 2. The van der Waals surface area contributed by atoms with Gasteiger partial charge in [-0.3, -0.25) is 4.99 Å². The van der Waals surface area contributed by atoms with Crippen LogP contribution in [-0.2, 0) is 0 Å². The Hall–Kier alpha value is -1.33. The summed E-state index contributed by atoms with van der Waals surface area (Å²) in [5.41, 5.74) is 1.28. The van der Waals surface area contributed by atoms with Gasteiger partial charge in [-0.25, -0.2) is 0 Å². The third kappa shape index (κ3) is 2.91. The van der Waals surface area contributed by atoms with E-state index in [4.69, 9.17) is 0 Å². The molecule has 2 aromatic rings. The summed E-state index contributed by atoms with van der Waals surface area (Å²) in [6.07, 6.45) is 1.57. The van der Waals surface area contributed by atoms with Crippen molar-refractivity contribution >= 4 is 43.8 Å². The van der Waals surface area contributed by atoms with Gasteiger partial charge in [0.05, 0.1) is 5.69 Å². The first kappa shape index (κ1) is 13.1. The lowest BCUT2D eigenvalue weighted by atomic mass is 10.2. The van der Waals surface area contributed by atoms with Crippen LogP contribution < -0.4 is 0 Å². The van der Waals surface area contributed by atoms with Gasteiger partial charge in [-0.15, -0.1) is 0 Å². The summed E-state index contributed by atoms with van der Waals surface area (Å²) in [6.45, 7) is 0. The molecule has 0 aliphatic carbocycles. The Labute approximate surface area is 121 Å². The van der Waals surface area contributed by atoms with E-state index in [1.165, 1.54) is 0 Å². The quantitative estimate of drug-likeness (QED) is 0.771. The first-order chi connectivity index (χ1) is 8.58. The van der Waals surface area contributed by atoms with Crippen molar-refractivity contribution in [3.63, 3.8) is 0 Å². The lowest BCUT2D eigenvalue weighted by Gasteiger charge is -2.03. The Balaban J connectivity index is 2.38. The van der Waals surface area contributed by atoms with E-state index < -0.39 is 0 Å². The van der Waals surface area contributed by atoms with Crippen LogP contribution in [0.1, 0.15) is 5.56 Å². The van der Waals surface area contributed by atoms with Gasteiger partial charge in [0.25, 0.3) is 0 Å². The Morgan fingerprint density at radius 1 is 1.00 bits per heavy atom. The van der Waals surface area contributed by atoms with Crippen molar-refractivity contribution in [2.24, 2.45) is 4.99 Å². The van der Waals surface area contributed by atoms with Crippen LogP contribution in [0.25, 0.3) is 0 Å². The second-order valence-electron chi connectivity index (χ2n) is 3.58. The molecule has 2 aromatic carbocycles. The maximum Gasteiger partial charge on any atom is 0.124 e. The van der Waals surface area contributed by atoms with Gasteiger partial charge in [0.2, 0.25) is 0 Å². The molecule has 0 spiro atoms. The molecule has 3 nitrogen and oxygen atoms in total. The zero-order chi connectivity index (χ0) is 13.1. The number of benzene rings is 2. The zero-order valence-electron chi connectivity index (χ0n) is 9.14. The maximum absolute atomic E-state index is 9.62. The fourth-order valence-electron chi connectivity index (χ4n) is 1.41. The van der Waals surface area contributed by atoms with Crippen molar-refractivity contribution in [1.29, 1.82) is 0 Å². The summed E-state index contributed by atoms with van der Waals surface area (Å²) in [7, 11) is 0. The van der Waals surface area contributed by atoms with Crippen LogP contribution in [0.3, 0.4) is 0 Å². The summed E-state index contributed by atoms with van der Waals surface area (Å²) in [4.78, 5) is 4.29. The Kier molecular flexibility index (Phi) is 4.04. The summed E-state index contributed by atoms with van der Waals surface area (Å²) in [5.74, 6) is 0.322. The van der Waals surface area contributed by atoms with Crippen LogP contribution in [0.5, 0.6) is 11.5 Å². The van der Waals surface area contributed by atoms with E-state index in [-0.39, 0.29) is 11.5 Å². The van der Waals surface area contributed by atoms with Gasteiger partial charge in [-0.2, -0.15) is 0 Å². The number of para-hydroxylation sites is 1. The Morgan fingerprint density at radius 3 is 2.22 bits per heavy atom. The van der Waals surface area contributed by atoms with Gasteiger partial charge in [0.15, 0.2) is 0 Å². The number of rotatable bonds is 2. The van der Waals surface area contributed by atoms with Crippen molar-refractivity contribution in [2.45, 2.75) is 0 Å². The van der Waals surface area contributed by atoms with Crippen molar-refractivity contribution in [3.05, 3.63) is 50.9 Å². The molecule has 18 heavy (non-hydrogen) atoms. The number of aliphatic imine (C=N–C) groups is 1. The normalized spacial score (nSPS) is 11.0. The van der Waals surface area contributed by atoms with E-state index in [1.54, 1.807) is 36.5 Å². The molecule has 0 amide bonds. The van der Waals surface area contributed by atoms with Crippen molar-refractivity contribution < 1.29 is 10.2 Å². The molecular formula is C13H9Br2NO2. The number of aromatic hydroxyl groups is 2. The van der Waals surface area contributed by atoms with Crippen LogP contribution in [0.4, 0.5) is 5.69 Å². The molecular weight excluding hydrogens is 362 g/mol. The van der Waals surface area contributed by atoms with Gasteiger partial charge >= 0.3 is 0 Å². The highest BCUT2D eigenvalue weighted by Gasteiger charge is 2.06. The van der Waals surface area contributed by atoms with Gasteiger partial charge in [-0.1, -0.05) is 12.1 Å². The predicted molar refractivity (Wildman–Crippen MR) is 78.9 cm³/mol. The van der Waals surface area contributed by atoms with Crippen molar-refractivity contribution in [3.8, 4) is 11.5 Å². The summed E-state index contributed by atoms with van der Waals surface area (Å²) >= 11 is 6.65. The molecule has 0 saturated heterocycles. The molecule has 0 atom stereocenters. The largest absolute Gasteiger partial charge is 0.508 e. The van der Waals surface area contributed by atoms with Gasteiger partial charge in [0, 0.05) is 20.7 Å². The molecule has 0 aliphatic heterocycles. The molecule has 0 unspecified atom stereocenters. The molecule has 0 heterocycles. The number of halogens is 2. The molecule has 0 fully saturated rings.